The molecule has 6 nitrogen and oxygen atoms in total. The van der Waals surface area contributed by atoms with E-state index in [0.717, 1.165) is 0 Å². The van der Waals surface area contributed by atoms with Gasteiger partial charge in [-0.3, -0.25) is 9.69 Å². The number of anilines is 1. The van der Waals surface area contributed by atoms with Gasteiger partial charge in [0, 0.05) is 38.4 Å². The molecule has 0 radical (unpaired) electrons. The Kier molecular flexibility index (Phi) is 6.10. The SMILES string of the molecule is C=CCNC(=O)N1CCN(CC(=O)Nc2ccc(F)cc2)CC1. The van der Waals surface area contributed by atoms with Crippen molar-refractivity contribution in [3.8, 4) is 0 Å². The molecule has 1 saturated heterocycles. The van der Waals surface area contributed by atoms with E-state index in [2.05, 4.69) is 17.2 Å². The Morgan fingerprint density at radius 2 is 1.83 bits per heavy atom. The smallest absolute Gasteiger partial charge is 0.317 e. The predicted molar refractivity (Wildman–Crippen MR) is 86.6 cm³/mol. The molecule has 1 fully saturated rings. The van der Waals surface area contributed by atoms with Crippen molar-refractivity contribution >= 4 is 17.6 Å². The highest BCUT2D eigenvalue weighted by molar-refractivity contribution is 5.92. The van der Waals surface area contributed by atoms with E-state index in [4.69, 9.17) is 0 Å². The summed E-state index contributed by atoms with van der Waals surface area (Å²) in [5, 5.41) is 5.46. The summed E-state index contributed by atoms with van der Waals surface area (Å²) >= 11 is 0. The van der Waals surface area contributed by atoms with Crippen molar-refractivity contribution in [2.45, 2.75) is 0 Å². The molecule has 0 bridgehead atoms. The molecule has 0 spiro atoms. The van der Waals surface area contributed by atoms with Crippen molar-refractivity contribution in [2.24, 2.45) is 0 Å². The molecule has 0 atom stereocenters. The first-order chi connectivity index (χ1) is 11.1. The quantitative estimate of drug-likeness (QED) is 0.803. The minimum absolute atomic E-state index is 0.111. The van der Waals surface area contributed by atoms with Crippen LogP contribution in [0.1, 0.15) is 0 Å². The first-order valence-corrected chi connectivity index (χ1v) is 7.50. The fraction of sp³-hybridized carbons (Fsp3) is 0.375. The van der Waals surface area contributed by atoms with Crippen LogP contribution in [0.4, 0.5) is 14.9 Å². The van der Waals surface area contributed by atoms with Crippen molar-refractivity contribution in [1.82, 2.24) is 15.1 Å². The summed E-state index contributed by atoms with van der Waals surface area (Å²) in [4.78, 5) is 27.5. The Balaban J connectivity index is 1.73. The van der Waals surface area contributed by atoms with Gasteiger partial charge in [-0.25, -0.2) is 9.18 Å². The van der Waals surface area contributed by atoms with Crippen LogP contribution in [-0.4, -0.2) is 61.0 Å². The molecule has 3 amide bonds. The minimum Gasteiger partial charge on any atom is -0.335 e. The van der Waals surface area contributed by atoms with E-state index < -0.39 is 0 Å². The lowest BCUT2D eigenvalue weighted by atomic mass is 10.3. The van der Waals surface area contributed by atoms with Crippen LogP contribution in [0.2, 0.25) is 0 Å². The maximum absolute atomic E-state index is 12.8. The van der Waals surface area contributed by atoms with Crippen LogP contribution in [0.15, 0.2) is 36.9 Å². The molecule has 1 aromatic rings. The van der Waals surface area contributed by atoms with E-state index in [1.807, 2.05) is 4.90 Å². The maximum Gasteiger partial charge on any atom is 0.317 e. The first-order valence-electron chi connectivity index (χ1n) is 7.50. The van der Waals surface area contributed by atoms with E-state index in [9.17, 15) is 14.0 Å². The molecule has 2 rings (SSSR count). The Labute approximate surface area is 134 Å². The summed E-state index contributed by atoms with van der Waals surface area (Å²) in [5.74, 6) is -0.491. The summed E-state index contributed by atoms with van der Waals surface area (Å²) in [7, 11) is 0. The summed E-state index contributed by atoms with van der Waals surface area (Å²) in [6.45, 7) is 6.67. The molecule has 124 valence electrons. The highest BCUT2D eigenvalue weighted by Gasteiger charge is 2.21. The van der Waals surface area contributed by atoms with E-state index >= 15 is 0 Å². The van der Waals surface area contributed by atoms with Crippen LogP contribution < -0.4 is 10.6 Å². The van der Waals surface area contributed by atoms with Crippen LogP contribution in [-0.2, 0) is 4.79 Å². The standard InChI is InChI=1S/C16H21FN4O2/c1-2-7-18-16(23)21-10-8-20(9-11-21)12-15(22)19-14-5-3-13(17)4-6-14/h2-6H,1,7-12H2,(H,18,23)(H,19,22). The van der Waals surface area contributed by atoms with Gasteiger partial charge in [0.15, 0.2) is 0 Å². The number of urea groups is 1. The van der Waals surface area contributed by atoms with Crippen LogP contribution in [0, 0.1) is 5.82 Å². The number of carbonyl (C=O) groups excluding carboxylic acids is 2. The second kappa shape index (κ2) is 8.28. The Bertz CT molecular complexity index is 554. The Morgan fingerprint density at radius 3 is 2.43 bits per heavy atom. The van der Waals surface area contributed by atoms with Crippen molar-refractivity contribution in [3.63, 3.8) is 0 Å². The summed E-state index contributed by atoms with van der Waals surface area (Å²) in [6.07, 6.45) is 1.63. The normalized spacial score (nSPS) is 15.1. The monoisotopic (exact) mass is 320 g/mol. The fourth-order valence-corrected chi connectivity index (χ4v) is 2.32. The number of nitrogens with one attached hydrogen (secondary N) is 2. The fourth-order valence-electron chi connectivity index (χ4n) is 2.32. The number of benzene rings is 1. The van der Waals surface area contributed by atoms with Gasteiger partial charge in [0.2, 0.25) is 5.91 Å². The van der Waals surface area contributed by atoms with Gasteiger partial charge in [0.1, 0.15) is 5.82 Å². The highest BCUT2D eigenvalue weighted by Crippen LogP contribution is 2.09. The molecule has 0 unspecified atom stereocenters. The van der Waals surface area contributed by atoms with E-state index in [0.29, 0.717) is 38.4 Å². The van der Waals surface area contributed by atoms with Gasteiger partial charge in [-0.1, -0.05) is 6.08 Å². The number of hydrogen-bond donors (Lipinski definition) is 2. The molecule has 1 aliphatic heterocycles. The van der Waals surface area contributed by atoms with Crippen LogP contribution in [0.3, 0.4) is 0 Å². The lowest BCUT2D eigenvalue weighted by molar-refractivity contribution is -0.117. The molecule has 1 heterocycles. The van der Waals surface area contributed by atoms with Gasteiger partial charge in [-0.05, 0) is 24.3 Å². The van der Waals surface area contributed by atoms with Crippen molar-refractivity contribution in [2.75, 3.05) is 44.6 Å². The molecule has 1 aliphatic rings. The maximum atomic E-state index is 12.8. The lowest BCUT2D eigenvalue weighted by Crippen LogP contribution is -2.53. The lowest BCUT2D eigenvalue weighted by Gasteiger charge is -2.34. The zero-order valence-corrected chi connectivity index (χ0v) is 12.9. The number of halogens is 1. The topological polar surface area (TPSA) is 64.7 Å². The number of nitrogens with zero attached hydrogens (tertiary/aromatic N) is 2. The number of rotatable bonds is 5. The second-order valence-corrected chi connectivity index (χ2v) is 5.29. The Morgan fingerprint density at radius 1 is 1.17 bits per heavy atom. The molecule has 23 heavy (non-hydrogen) atoms. The third kappa shape index (κ3) is 5.37. The largest absolute Gasteiger partial charge is 0.335 e. The van der Waals surface area contributed by atoms with Crippen LogP contribution in [0.25, 0.3) is 0 Å². The summed E-state index contributed by atoms with van der Waals surface area (Å²) < 4.78 is 12.8. The second-order valence-electron chi connectivity index (χ2n) is 5.29. The zero-order chi connectivity index (χ0) is 16.7. The van der Waals surface area contributed by atoms with Crippen molar-refractivity contribution in [1.29, 1.82) is 0 Å². The van der Waals surface area contributed by atoms with E-state index in [-0.39, 0.29) is 24.3 Å². The number of carbonyl (C=O) groups is 2. The molecule has 0 saturated carbocycles. The third-order valence-corrected chi connectivity index (χ3v) is 3.55. The number of hydrogen-bond acceptors (Lipinski definition) is 3. The van der Waals surface area contributed by atoms with Crippen molar-refractivity contribution < 1.29 is 14.0 Å². The highest BCUT2D eigenvalue weighted by atomic mass is 19.1. The number of amides is 3. The van der Waals surface area contributed by atoms with Gasteiger partial charge >= 0.3 is 6.03 Å². The predicted octanol–water partition coefficient (Wildman–Crippen LogP) is 1.28. The van der Waals surface area contributed by atoms with Gasteiger partial charge in [-0.2, -0.15) is 0 Å². The molecule has 7 heteroatoms. The van der Waals surface area contributed by atoms with Gasteiger partial charge < -0.3 is 15.5 Å². The average molecular weight is 320 g/mol. The number of piperazine rings is 1. The van der Waals surface area contributed by atoms with Gasteiger partial charge in [0.05, 0.1) is 6.54 Å². The first kappa shape index (κ1) is 17.0. The zero-order valence-electron chi connectivity index (χ0n) is 12.9. The molecule has 0 aromatic heterocycles. The molecular formula is C16H21FN4O2. The third-order valence-electron chi connectivity index (χ3n) is 3.55. The molecule has 0 aliphatic carbocycles. The van der Waals surface area contributed by atoms with Gasteiger partial charge in [-0.15, -0.1) is 6.58 Å². The minimum atomic E-state index is -0.339. The Hall–Kier alpha value is -2.41. The van der Waals surface area contributed by atoms with Crippen LogP contribution >= 0.6 is 0 Å². The summed E-state index contributed by atoms with van der Waals surface area (Å²) in [6, 6.07) is 5.54. The van der Waals surface area contributed by atoms with Crippen molar-refractivity contribution in [3.05, 3.63) is 42.7 Å². The molecule has 1 aromatic carbocycles. The van der Waals surface area contributed by atoms with Gasteiger partial charge in [0.25, 0.3) is 0 Å². The molecule has 2 N–H and O–H groups in total. The molecular weight excluding hydrogens is 299 g/mol. The van der Waals surface area contributed by atoms with E-state index in [1.54, 1.807) is 11.0 Å². The van der Waals surface area contributed by atoms with Crippen LogP contribution in [0.5, 0.6) is 0 Å². The summed E-state index contributed by atoms with van der Waals surface area (Å²) in [5.41, 5.74) is 0.568. The average Bonchev–Trinajstić information content (AvgIpc) is 2.55. The van der Waals surface area contributed by atoms with E-state index in [1.165, 1.54) is 24.3 Å².